The molecular weight excluding hydrogens is 163 g/mol. The van der Waals surface area contributed by atoms with Crippen LogP contribution in [-0.4, -0.2) is 19.2 Å². The molecule has 1 amide bonds. The van der Waals surface area contributed by atoms with Gasteiger partial charge in [-0.3, -0.25) is 4.79 Å². The smallest absolute Gasteiger partial charge is 0.228 e. The monoisotopic (exact) mass is 174 g/mol. The minimum atomic E-state index is -1.46. The maximum Gasteiger partial charge on any atom is 0.228 e. The van der Waals surface area contributed by atoms with Crippen LogP contribution in [0.2, 0.25) is 0 Å². The van der Waals surface area contributed by atoms with Crippen LogP contribution in [0.3, 0.4) is 0 Å². The van der Waals surface area contributed by atoms with Crippen LogP contribution in [0.25, 0.3) is 0 Å². The van der Waals surface area contributed by atoms with Crippen molar-refractivity contribution in [1.29, 1.82) is 0 Å². The Morgan fingerprint density at radius 3 is 2.38 bits per heavy atom. The fraction of sp³-hybridized carbons (Fsp3) is 0.222. The summed E-state index contributed by atoms with van der Waals surface area (Å²) in [7, 11) is 5.49. The zero-order chi connectivity index (χ0) is 9.90. The third-order valence-electron chi connectivity index (χ3n) is 1.80. The van der Waals surface area contributed by atoms with E-state index in [1.807, 2.05) is 30.3 Å². The van der Waals surface area contributed by atoms with Gasteiger partial charge in [0.2, 0.25) is 5.91 Å². The van der Waals surface area contributed by atoms with Gasteiger partial charge in [-0.15, -0.1) is 0 Å². The highest BCUT2D eigenvalue weighted by atomic mass is 16.1. The first-order valence-corrected chi connectivity index (χ1v) is 3.94. The van der Waals surface area contributed by atoms with Gasteiger partial charge in [0.05, 0.1) is 5.44 Å². The molecule has 1 aromatic rings. The summed E-state index contributed by atoms with van der Waals surface area (Å²) in [6, 6.07) is 9.27. The van der Waals surface area contributed by atoms with Gasteiger partial charge in [-0.2, -0.15) is 0 Å². The van der Waals surface area contributed by atoms with Crippen molar-refractivity contribution < 1.29 is 4.79 Å². The average molecular weight is 174 g/mol. The van der Waals surface area contributed by atoms with Crippen molar-refractivity contribution in [3.05, 3.63) is 35.9 Å². The molecule has 0 saturated carbocycles. The number of carbonyl (C=O) groups is 1. The summed E-state index contributed by atoms with van der Waals surface area (Å²) in [5.74, 6) is -0.698. The highest BCUT2D eigenvalue weighted by Crippen LogP contribution is 2.06. The van der Waals surface area contributed by atoms with Gasteiger partial charge in [-0.1, -0.05) is 30.3 Å². The number of primary amides is 1. The second-order valence-electron chi connectivity index (χ2n) is 3.07. The highest BCUT2D eigenvalue weighted by Gasteiger charge is 2.24. The van der Waals surface area contributed by atoms with Crippen LogP contribution in [0.5, 0.6) is 0 Å². The Balaban J connectivity index is 2.75. The molecular formula is C9H11BN2O. The lowest BCUT2D eigenvalue weighted by Crippen LogP contribution is -2.54. The quantitative estimate of drug-likeness (QED) is 0.608. The number of hydrogen-bond donors (Lipinski definition) is 2. The van der Waals surface area contributed by atoms with Gasteiger partial charge in [0.1, 0.15) is 7.85 Å². The van der Waals surface area contributed by atoms with Crippen LogP contribution in [-0.2, 0) is 11.2 Å². The van der Waals surface area contributed by atoms with Crippen molar-refractivity contribution in [3.63, 3.8) is 0 Å². The van der Waals surface area contributed by atoms with E-state index < -0.39 is 11.3 Å². The summed E-state index contributed by atoms with van der Waals surface area (Å²) in [4.78, 5) is 10.8. The van der Waals surface area contributed by atoms with Crippen LogP contribution in [0.15, 0.2) is 30.3 Å². The molecule has 0 saturated heterocycles. The Morgan fingerprint density at radius 2 is 1.92 bits per heavy atom. The average Bonchev–Trinajstić information content (AvgIpc) is 2.05. The topological polar surface area (TPSA) is 69.1 Å². The first-order valence-electron chi connectivity index (χ1n) is 3.94. The number of benzene rings is 1. The number of nitrogens with two attached hydrogens (primary N) is 2. The minimum Gasteiger partial charge on any atom is -0.369 e. The Kier molecular flexibility index (Phi) is 2.73. The van der Waals surface area contributed by atoms with Crippen molar-refractivity contribution in [3.8, 4) is 0 Å². The van der Waals surface area contributed by atoms with Gasteiger partial charge in [-0.05, 0) is 12.0 Å². The molecule has 0 aliphatic rings. The maximum atomic E-state index is 10.8. The molecule has 3 nitrogen and oxygen atoms in total. The fourth-order valence-corrected chi connectivity index (χ4v) is 1.02. The van der Waals surface area contributed by atoms with Gasteiger partial charge < -0.3 is 11.5 Å². The zero-order valence-electron chi connectivity index (χ0n) is 7.23. The van der Waals surface area contributed by atoms with E-state index in [1.165, 1.54) is 0 Å². The van der Waals surface area contributed by atoms with Crippen molar-refractivity contribution in [1.82, 2.24) is 0 Å². The fourth-order valence-electron chi connectivity index (χ4n) is 1.02. The summed E-state index contributed by atoms with van der Waals surface area (Å²) in [6.07, 6.45) is 0.253. The molecule has 1 atom stereocenters. The minimum absolute atomic E-state index is 0.253. The molecule has 1 rings (SSSR count). The molecule has 0 aromatic heterocycles. The third-order valence-corrected chi connectivity index (χ3v) is 1.80. The third kappa shape index (κ3) is 2.59. The van der Waals surface area contributed by atoms with E-state index in [0.29, 0.717) is 0 Å². The van der Waals surface area contributed by atoms with Crippen LogP contribution in [0, 0.1) is 0 Å². The van der Waals surface area contributed by atoms with E-state index in [-0.39, 0.29) is 6.42 Å². The van der Waals surface area contributed by atoms with Crippen LogP contribution in [0.4, 0.5) is 0 Å². The first kappa shape index (κ1) is 9.80. The number of carbonyl (C=O) groups excluding carboxylic acids is 1. The van der Waals surface area contributed by atoms with Gasteiger partial charge >= 0.3 is 0 Å². The van der Waals surface area contributed by atoms with E-state index in [1.54, 1.807) is 0 Å². The first-order chi connectivity index (χ1) is 6.02. The van der Waals surface area contributed by atoms with E-state index in [9.17, 15) is 4.79 Å². The summed E-state index contributed by atoms with van der Waals surface area (Å²) in [5.41, 5.74) is 9.96. The summed E-state index contributed by atoms with van der Waals surface area (Å²) in [6.45, 7) is 0. The van der Waals surface area contributed by atoms with E-state index in [4.69, 9.17) is 19.3 Å². The maximum absolute atomic E-state index is 10.8. The largest absolute Gasteiger partial charge is 0.369 e. The summed E-state index contributed by atoms with van der Waals surface area (Å²) < 4.78 is 0. The second-order valence-corrected chi connectivity index (χ2v) is 3.07. The zero-order valence-corrected chi connectivity index (χ0v) is 7.23. The predicted molar refractivity (Wildman–Crippen MR) is 52.0 cm³/mol. The molecule has 0 unspecified atom stereocenters. The van der Waals surface area contributed by atoms with E-state index >= 15 is 0 Å². The SMILES string of the molecule is [B][C@](N)(Cc1ccccc1)C(N)=O. The Hall–Kier alpha value is -1.29. The standard InChI is InChI=1S/C9H11BN2O/c10-9(12,8(11)13)6-7-4-2-1-3-5-7/h1-5H,6,12H2,(H2,11,13)/t9-/m0/s1. The van der Waals surface area contributed by atoms with Crippen molar-refractivity contribution in [2.75, 3.05) is 0 Å². The molecule has 0 heterocycles. The molecule has 0 aliphatic heterocycles. The lowest BCUT2D eigenvalue weighted by atomic mass is 9.73. The molecule has 1 aromatic carbocycles. The number of amides is 1. The molecule has 13 heavy (non-hydrogen) atoms. The highest BCUT2D eigenvalue weighted by molar-refractivity contribution is 6.28. The van der Waals surface area contributed by atoms with Crippen molar-refractivity contribution in [2.45, 2.75) is 11.9 Å². The van der Waals surface area contributed by atoms with E-state index in [2.05, 4.69) is 0 Å². The molecule has 4 heteroatoms. The molecule has 4 N–H and O–H groups in total. The molecule has 0 aliphatic carbocycles. The van der Waals surface area contributed by atoms with Crippen molar-refractivity contribution in [2.24, 2.45) is 11.5 Å². The van der Waals surface area contributed by atoms with Crippen LogP contribution < -0.4 is 11.5 Å². The lowest BCUT2D eigenvalue weighted by Gasteiger charge is -2.20. The summed E-state index contributed by atoms with van der Waals surface area (Å²) in [5, 5.41) is 0. The van der Waals surface area contributed by atoms with Crippen LogP contribution in [0.1, 0.15) is 5.56 Å². The molecule has 0 bridgehead atoms. The van der Waals surface area contributed by atoms with Gasteiger partial charge in [0.25, 0.3) is 0 Å². The molecule has 0 spiro atoms. The molecule has 66 valence electrons. The Labute approximate surface area is 78.5 Å². The van der Waals surface area contributed by atoms with Gasteiger partial charge in [-0.25, -0.2) is 0 Å². The molecule has 2 radical (unpaired) electrons. The second kappa shape index (κ2) is 3.62. The predicted octanol–water partition coefficient (Wildman–Crippen LogP) is -0.462. The Morgan fingerprint density at radius 1 is 1.38 bits per heavy atom. The molecule has 0 fully saturated rings. The van der Waals surface area contributed by atoms with Crippen molar-refractivity contribution >= 4 is 13.8 Å². The van der Waals surface area contributed by atoms with Gasteiger partial charge in [0, 0.05) is 0 Å². The van der Waals surface area contributed by atoms with Gasteiger partial charge in [0.15, 0.2) is 0 Å². The number of hydrogen-bond acceptors (Lipinski definition) is 2. The summed E-state index contributed by atoms with van der Waals surface area (Å²) >= 11 is 0. The number of rotatable bonds is 3. The van der Waals surface area contributed by atoms with Crippen LogP contribution >= 0.6 is 0 Å². The Bertz CT molecular complexity index is 298. The van der Waals surface area contributed by atoms with E-state index in [0.717, 1.165) is 5.56 Å². The normalized spacial score (nSPS) is 14.8. The lowest BCUT2D eigenvalue weighted by molar-refractivity contribution is -0.120.